The molecule has 2 rings (SSSR count). The van der Waals surface area contributed by atoms with Gasteiger partial charge < -0.3 is 10.1 Å². The van der Waals surface area contributed by atoms with Crippen LogP contribution in [-0.2, 0) is 0 Å². The molecule has 1 saturated carbocycles. The van der Waals surface area contributed by atoms with Crippen LogP contribution in [0.3, 0.4) is 0 Å². The summed E-state index contributed by atoms with van der Waals surface area (Å²) in [6, 6.07) is 8.78. The second-order valence-corrected chi connectivity index (χ2v) is 6.39. The Balaban J connectivity index is 1.99. The molecule has 2 nitrogen and oxygen atoms in total. The molecular formula is C16H25NOS. The van der Waals surface area contributed by atoms with Crippen LogP contribution in [0.5, 0.6) is 5.75 Å². The molecule has 0 amide bonds. The van der Waals surface area contributed by atoms with Gasteiger partial charge in [-0.25, -0.2) is 0 Å². The Labute approximate surface area is 121 Å². The first kappa shape index (κ1) is 14.7. The van der Waals surface area contributed by atoms with Gasteiger partial charge in [0.2, 0.25) is 0 Å². The Morgan fingerprint density at radius 2 is 2.05 bits per heavy atom. The van der Waals surface area contributed by atoms with E-state index < -0.39 is 0 Å². The third-order valence-corrected chi connectivity index (χ3v) is 5.21. The molecule has 1 aliphatic carbocycles. The highest BCUT2D eigenvalue weighted by molar-refractivity contribution is 7.99. The van der Waals surface area contributed by atoms with Gasteiger partial charge in [0.25, 0.3) is 0 Å². The molecule has 0 bridgehead atoms. The molecule has 0 saturated heterocycles. The Bertz CT molecular complexity index is 377. The maximum atomic E-state index is 5.74. The summed E-state index contributed by atoms with van der Waals surface area (Å²) in [7, 11) is 2.04. The van der Waals surface area contributed by atoms with E-state index >= 15 is 0 Å². The first-order valence-corrected chi connectivity index (χ1v) is 8.40. The van der Waals surface area contributed by atoms with E-state index in [1.165, 1.54) is 31.2 Å². The third-order valence-electron chi connectivity index (χ3n) is 3.74. The van der Waals surface area contributed by atoms with Crippen LogP contribution in [0.15, 0.2) is 24.3 Å². The normalized spacial score (nSPS) is 17.6. The summed E-state index contributed by atoms with van der Waals surface area (Å²) < 4.78 is 5.74. The Morgan fingerprint density at radius 1 is 1.32 bits per heavy atom. The maximum absolute atomic E-state index is 5.74. The van der Waals surface area contributed by atoms with Crippen molar-refractivity contribution in [2.45, 2.75) is 43.9 Å². The number of nitrogens with one attached hydrogen (secondary N) is 1. The van der Waals surface area contributed by atoms with Gasteiger partial charge in [0.15, 0.2) is 0 Å². The molecule has 0 radical (unpaired) electrons. The molecule has 0 aliphatic heterocycles. The van der Waals surface area contributed by atoms with Crippen LogP contribution in [-0.4, -0.2) is 24.7 Å². The van der Waals surface area contributed by atoms with Gasteiger partial charge in [-0.1, -0.05) is 31.0 Å². The smallest absolute Gasteiger partial charge is 0.124 e. The zero-order chi connectivity index (χ0) is 13.5. The van der Waals surface area contributed by atoms with Crippen LogP contribution in [0.4, 0.5) is 0 Å². The minimum atomic E-state index is 0.383. The fourth-order valence-electron chi connectivity index (χ4n) is 2.67. The largest absolute Gasteiger partial charge is 0.494 e. The summed E-state index contributed by atoms with van der Waals surface area (Å²) in [5.74, 6) is 2.15. The molecule has 1 aliphatic rings. The molecule has 0 spiro atoms. The molecule has 106 valence electrons. The second-order valence-electron chi connectivity index (χ2n) is 5.05. The number of para-hydroxylation sites is 1. The van der Waals surface area contributed by atoms with Gasteiger partial charge in [0.1, 0.15) is 5.75 Å². The van der Waals surface area contributed by atoms with E-state index in [0.717, 1.165) is 23.4 Å². The highest BCUT2D eigenvalue weighted by Crippen LogP contribution is 2.34. The van der Waals surface area contributed by atoms with E-state index in [2.05, 4.69) is 35.3 Å². The van der Waals surface area contributed by atoms with Gasteiger partial charge in [0, 0.05) is 22.6 Å². The third kappa shape index (κ3) is 4.15. The van der Waals surface area contributed by atoms with Crippen LogP contribution in [0.2, 0.25) is 0 Å². The topological polar surface area (TPSA) is 21.3 Å². The van der Waals surface area contributed by atoms with Crippen molar-refractivity contribution in [1.82, 2.24) is 5.32 Å². The summed E-state index contributed by atoms with van der Waals surface area (Å²) in [5.41, 5.74) is 1.29. The van der Waals surface area contributed by atoms with Gasteiger partial charge in [-0.3, -0.25) is 0 Å². The lowest BCUT2D eigenvalue weighted by Gasteiger charge is -2.21. The first-order chi connectivity index (χ1) is 9.35. The summed E-state index contributed by atoms with van der Waals surface area (Å²) in [6.45, 7) is 2.77. The van der Waals surface area contributed by atoms with Crippen molar-refractivity contribution in [3.63, 3.8) is 0 Å². The monoisotopic (exact) mass is 279 g/mol. The van der Waals surface area contributed by atoms with Crippen LogP contribution in [0.1, 0.15) is 44.2 Å². The fraction of sp³-hybridized carbons (Fsp3) is 0.625. The van der Waals surface area contributed by atoms with Crippen molar-refractivity contribution in [2.24, 2.45) is 0 Å². The van der Waals surface area contributed by atoms with Crippen LogP contribution < -0.4 is 10.1 Å². The lowest BCUT2D eigenvalue weighted by Crippen LogP contribution is -2.20. The number of benzene rings is 1. The number of hydrogen-bond donors (Lipinski definition) is 1. The van der Waals surface area contributed by atoms with E-state index in [-0.39, 0.29) is 0 Å². The van der Waals surface area contributed by atoms with Gasteiger partial charge in [-0.05, 0) is 32.9 Å². The lowest BCUT2D eigenvalue weighted by atomic mass is 10.1. The van der Waals surface area contributed by atoms with Gasteiger partial charge >= 0.3 is 0 Å². The summed E-state index contributed by atoms with van der Waals surface area (Å²) in [6.07, 6.45) is 5.62. The molecule has 1 aromatic carbocycles. The molecule has 1 N–H and O–H groups in total. The highest BCUT2D eigenvalue weighted by atomic mass is 32.2. The molecule has 0 aromatic heterocycles. The Kier molecular flexibility index (Phi) is 6.05. The molecule has 0 heterocycles. The number of rotatable bonds is 7. The number of ether oxygens (including phenoxy) is 1. The summed E-state index contributed by atoms with van der Waals surface area (Å²) >= 11 is 2.12. The average molecular weight is 279 g/mol. The number of thioether (sulfide) groups is 1. The summed E-state index contributed by atoms with van der Waals surface area (Å²) in [5, 5.41) is 4.31. The molecule has 1 fully saturated rings. The Hall–Kier alpha value is -0.670. The average Bonchev–Trinajstić information content (AvgIpc) is 2.95. The van der Waals surface area contributed by atoms with E-state index in [1.54, 1.807) is 0 Å². The van der Waals surface area contributed by atoms with Crippen molar-refractivity contribution in [3.8, 4) is 5.75 Å². The molecule has 1 aromatic rings. The molecule has 1 atom stereocenters. The lowest BCUT2D eigenvalue weighted by molar-refractivity contribution is 0.333. The van der Waals surface area contributed by atoms with Crippen molar-refractivity contribution in [3.05, 3.63) is 29.8 Å². The maximum Gasteiger partial charge on any atom is 0.124 e. The predicted octanol–water partition coefficient (Wildman–Crippen LogP) is 4.02. The fourth-order valence-corrected chi connectivity index (χ4v) is 4.15. The minimum Gasteiger partial charge on any atom is -0.494 e. The zero-order valence-corrected chi connectivity index (χ0v) is 12.8. The minimum absolute atomic E-state index is 0.383. The molecule has 1 unspecified atom stereocenters. The van der Waals surface area contributed by atoms with E-state index in [4.69, 9.17) is 4.74 Å². The van der Waals surface area contributed by atoms with Crippen LogP contribution >= 0.6 is 11.8 Å². The SMILES string of the molecule is CCOc1ccccc1C(CSC1CCCC1)NC. The number of hydrogen-bond acceptors (Lipinski definition) is 3. The second kappa shape index (κ2) is 7.81. The van der Waals surface area contributed by atoms with E-state index in [9.17, 15) is 0 Å². The Morgan fingerprint density at radius 3 is 2.74 bits per heavy atom. The highest BCUT2D eigenvalue weighted by Gasteiger charge is 2.19. The van der Waals surface area contributed by atoms with Crippen molar-refractivity contribution in [2.75, 3.05) is 19.4 Å². The van der Waals surface area contributed by atoms with Crippen molar-refractivity contribution < 1.29 is 4.74 Å². The van der Waals surface area contributed by atoms with Crippen LogP contribution in [0.25, 0.3) is 0 Å². The first-order valence-electron chi connectivity index (χ1n) is 7.35. The van der Waals surface area contributed by atoms with E-state index in [1.807, 2.05) is 20.0 Å². The zero-order valence-electron chi connectivity index (χ0n) is 12.0. The van der Waals surface area contributed by atoms with Crippen molar-refractivity contribution >= 4 is 11.8 Å². The van der Waals surface area contributed by atoms with Gasteiger partial charge in [-0.2, -0.15) is 11.8 Å². The molecule has 19 heavy (non-hydrogen) atoms. The standard InChI is InChI=1S/C16H25NOS/c1-3-18-16-11-7-6-10-14(16)15(17-2)12-19-13-8-4-5-9-13/h6-7,10-11,13,15,17H,3-5,8-9,12H2,1-2H3. The van der Waals surface area contributed by atoms with Gasteiger partial charge in [0.05, 0.1) is 6.61 Å². The molecular weight excluding hydrogens is 254 g/mol. The predicted molar refractivity (Wildman–Crippen MR) is 84.1 cm³/mol. The van der Waals surface area contributed by atoms with Crippen molar-refractivity contribution in [1.29, 1.82) is 0 Å². The summed E-state index contributed by atoms with van der Waals surface area (Å²) in [4.78, 5) is 0. The van der Waals surface area contributed by atoms with Gasteiger partial charge in [-0.15, -0.1) is 0 Å². The van der Waals surface area contributed by atoms with Crippen LogP contribution in [0, 0.1) is 0 Å². The quantitative estimate of drug-likeness (QED) is 0.814. The molecule has 3 heteroatoms. The van der Waals surface area contributed by atoms with E-state index in [0.29, 0.717) is 6.04 Å².